The van der Waals surface area contributed by atoms with Crippen LogP contribution >= 0.6 is 11.6 Å². The summed E-state index contributed by atoms with van der Waals surface area (Å²) in [7, 11) is -1.03. The Hall–Kier alpha value is -1.52. The van der Waals surface area contributed by atoms with Crippen molar-refractivity contribution >= 4 is 21.6 Å². The summed E-state index contributed by atoms with van der Waals surface area (Å²) < 4.78 is 54.1. The molecule has 0 spiro atoms. The zero-order chi connectivity index (χ0) is 17.5. The molecule has 0 radical (unpaired) electrons. The molecule has 0 unspecified atom stereocenters. The van der Waals surface area contributed by atoms with Gasteiger partial charge in [0.15, 0.2) is 0 Å². The first-order valence-corrected chi connectivity index (χ1v) is 8.35. The van der Waals surface area contributed by atoms with E-state index in [1.54, 1.807) is 7.05 Å². The summed E-state index contributed by atoms with van der Waals surface area (Å²) in [5.74, 6) is 0. The summed E-state index contributed by atoms with van der Waals surface area (Å²) in [6.07, 6.45) is 1.41. The van der Waals surface area contributed by atoms with Crippen LogP contribution in [0.2, 0.25) is 5.02 Å². The topological polar surface area (TPSA) is 73.0 Å². The van der Waals surface area contributed by atoms with Crippen molar-refractivity contribution in [2.45, 2.75) is 31.8 Å². The zero-order valence-electron chi connectivity index (χ0n) is 13.0. The highest BCUT2D eigenvalue weighted by atomic mass is 35.5. The largest absolute Gasteiger partial charge is 0.333 e. The molecule has 128 valence electrons. The van der Waals surface area contributed by atoms with Crippen LogP contribution in [-0.2, 0) is 23.6 Å². The van der Waals surface area contributed by atoms with Crippen LogP contribution in [0.15, 0.2) is 11.1 Å². The Balaban J connectivity index is 2.43. The Kier molecular flexibility index (Phi) is 4.79. The standard InChI is InChI=1S/C12H16ClF2N5O2S/c1-7-11(8(2)20(17-7)12(14)15)23(21,22)18(3)6-10-9(13)5-16-19(10)4/h5,12H,6H2,1-4H3. The van der Waals surface area contributed by atoms with Gasteiger partial charge in [0, 0.05) is 14.1 Å². The second-order valence-electron chi connectivity index (χ2n) is 5.05. The number of rotatable bonds is 5. The Morgan fingerprint density at radius 2 is 2.00 bits per heavy atom. The smallest absolute Gasteiger partial charge is 0.270 e. The van der Waals surface area contributed by atoms with E-state index in [9.17, 15) is 17.2 Å². The molecule has 0 amide bonds. The summed E-state index contributed by atoms with van der Waals surface area (Å²) in [5, 5.41) is 7.87. The van der Waals surface area contributed by atoms with Crippen LogP contribution in [0.1, 0.15) is 23.6 Å². The molecule has 23 heavy (non-hydrogen) atoms. The van der Waals surface area contributed by atoms with Gasteiger partial charge in [-0.25, -0.2) is 13.1 Å². The van der Waals surface area contributed by atoms with Gasteiger partial charge in [0.2, 0.25) is 10.0 Å². The number of aromatic nitrogens is 4. The van der Waals surface area contributed by atoms with E-state index in [0.717, 1.165) is 4.31 Å². The molecule has 0 saturated heterocycles. The van der Waals surface area contributed by atoms with Crippen molar-refractivity contribution in [2.75, 3.05) is 7.05 Å². The molecular weight excluding hydrogens is 352 g/mol. The first-order valence-electron chi connectivity index (χ1n) is 6.54. The first-order chi connectivity index (χ1) is 10.6. The normalized spacial score (nSPS) is 12.6. The number of sulfonamides is 1. The lowest BCUT2D eigenvalue weighted by molar-refractivity contribution is 0.0538. The fourth-order valence-electron chi connectivity index (χ4n) is 2.28. The summed E-state index contributed by atoms with van der Waals surface area (Å²) in [6.45, 7) is -0.279. The molecule has 0 fully saturated rings. The van der Waals surface area contributed by atoms with Crippen LogP contribution in [0.3, 0.4) is 0 Å². The molecular formula is C12H16ClF2N5O2S. The third-order valence-corrected chi connectivity index (χ3v) is 5.87. The number of nitrogens with zero attached hydrogens (tertiary/aromatic N) is 5. The van der Waals surface area contributed by atoms with Gasteiger partial charge in [-0.05, 0) is 13.8 Å². The minimum absolute atomic E-state index is 0.0192. The second kappa shape index (κ2) is 6.17. The number of hydrogen-bond acceptors (Lipinski definition) is 4. The van der Waals surface area contributed by atoms with Crippen molar-refractivity contribution in [2.24, 2.45) is 7.05 Å². The van der Waals surface area contributed by atoms with Gasteiger partial charge in [-0.15, -0.1) is 0 Å². The van der Waals surface area contributed by atoms with Gasteiger partial charge in [0.1, 0.15) is 4.90 Å². The zero-order valence-corrected chi connectivity index (χ0v) is 14.5. The molecule has 7 nitrogen and oxygen atoms in total. The van der Waals surface area contributed by atoms with Gasteiger partial charge >= 0.3 is 6.55 Å². The molecule has 0 aliphatic rings. The van der Waals surface area contributed by atoms with Crippen molar-refractivity contribution < 1.29 is 17.2 Å². The Morgan fingerprint density at radius 1 is 1.39 bits per heavy atom. The minimum Gasteiger partial charge on any atom is -0.270 e. The number of halogens is 3. The molecule has 0 aromatic carbocycles. The summed E-state index contributed by atoms with van der Waals surface area (Å²) >= 11 is 5.97. The molecule has 0 aliphatic heterocycles. The Morgan fingerprint density at radius 3 is 2.43 bits per heavy atom. The maximum Gasteiger partial charge on any atom is 0.333 e. The minimum atomic E-state index is -4.01. The van der Waals surface area contributed by atoms with Gasteiger partial charge in [-0.3, -0.25) is 4.68 Å². The van der Waals surface area contributed by atoms with Crippen LogP contribution in [-0.4, -0.2) is 39.3 Å². The predicted octanol–water partition coefficient (Wildman–Crippen LogP) is 2.10. The average molecular weight is 368 g/mol. The van der Waals surface area contributed by atoms with Crippen molar-refractivity contribution in [3.8, 4) is 0 Å². The number of alkyl halides is 2. The third-order valence-electron chi connectivity index (χ3n) is 3.49. The molecule has 0 N–H and O–H groups in total. The predicted molar refractivity (Wildman–Crippen MR) is 79.8 cm³/mol. The average Bonchev–Trinajstić information content (AvgIpc) is 2.92. The maximum atomic E-state index is 12.9. The van der Waals surface area contributed by atoms with Crippen LogP contribution in [0.5, 0.6) is 0 Å². The first kappa shape index (κ1) is 17.8. The van der Waals surface area contributed by atoms with Gasteiger partial charge in [-0.1, -0.05) is 11.6 Å². The molecule has 0 atom stereocenters. The molecule has 2 rings (SSSR count). The fourth-order valence-corrected chi connectivity index (χ4v) is 3.99. The van der Waals surface area contributed by atoms with Crippen molar-refractivity contribution in [1.29, 1.82) is 0 Å². The van der Waals surface area contributed by atoms with E-state index < -0.39 is 16.6 Å². The molecule has 2 aromatic rings. The molecule has 2 aromatic heterocycles. The Bertz CT molecular complexity index is 811. The van der Waals surface area contributed by atoms with Gasteiger partial charge in [-0.2, -0.15) is 23.3 Å². The lowest BCUT2D eigenvalue weighted by Crippen LogP contribution is -2.28. The summed E-state index contributed by atoms with van der Waals surface area (Å²) in [5.41, 5.74) is 0.403. The number of hydrogen-bond donors (Lipinski definition) is 0. The van der Waals surface area contributed by atoms with E-state index in [2.05, 4.69) is 10.2 Å². The molecule has 0 aliphatic carbocycles. The highest BCUT2D eigenvalue weighted by Gasteiger charge is 2.31. The van der Waals surface area contributed by atoms with E-state index >= 15 is 0 Å². The molecule has 2 heterocycles. The lowest BCUT2D eigenvalue weighted by Gasteiger charge is -2.18. The summed E-state index contributed by atoms with van der Waals surface area (Å²) in [6, 6.07) is 0. The Labute approximate surface area is 137 Å². The van der Waals surface area contributed by atoms with Crippen LogP contribution in [0, 0.1) is 13.8 Å². The van der Waals surface area contributed by atoms with Crippen LogP contribution in [0.4, 0.5) is 8.78 Å². The SMILES string of the molecule is Cc1nn(C(F)F)c(C)c1S(=O)(=O)N(C)Cc1c(Cl)cnn1C. The van der Waals surface area contributed by atoms with E-state index in [1.165, 1.54) is 31.8 Å². The van der Waals surface area contributed by atoms with Crippen molar-refractivity contribution in [3.05, 3.63) is 28.3 Å². The quantitative estimate of drug-likeness (QED) is 0.811. The van der Waals surface area contributed by atoms with E-state index in [1.807, 2.05) is 0 Å². The summed E-state index contributed by atoms with van der Waals surface area (Å²) in [4.78, 5) is -0.224. The maximum absolute atomic E-state index is 12.9. The molecule has 11 heteroatoms. The van der Waals surface area contributed by atoms with Crippen LogP contribution in [0.25, 0.3) is 0 Å². The van der Waals surface area contributed by atoms with Gasteiger partial charge in [0.25, 0.3) is 0 Å². The lowest BCUT2D eigenvalue weighted by atomic mass is 10.4. The van der Waals surface area contributed by atoms with Gasteiger partial charge in [0.05, 0.1) is 34.8 Å². The highest BCUT2D eigenvalue weighted by Crippen LogP contribution is 2.27. The van der Waals surface area contributed by atoms with Crippen molar-refractivity contribution in [3.63, 3.8) is 0 Å². The number of aryl methyl sites for hydroxylation is 2. The van der Waals surface area contributed by atoms with Crippen LogP contribution < -0.4 is 0 Å². The second-order valence-corrected chi connectivity index (χ2v) is 7.43. The van der Waals surface area contributed by atoms with Crippen molar-refractivity contribution in [1.82, 2.24) is 23.9 Å². The molecule has 0 bridgehead atoms. The monoisotopic (exact) mass is 367 g/mol. The fraction of sp³-hybridized carbons (Fsp3) is 0.500. The highest BCUT2D eigenvalue weighted by molar-refractivity contribution is 7.89. The third kappa shape index (κ3) is 3.10. The molecule has 0 saturated carbocycles. The van der Waals surface area contributed by atoms with Gasteiger partial charge < -0.3 is 0 Å². The van der Waals surface area contributed by atoms with E-state index in [4.69, 9.17) is 11.6 Å². The van der Waals surface area contributed by atoms with E-state index in [-0.39, 0.29) is 22.8 Å². The van der Waals surface area contributed by atoms with E-state index in [0.29, 0.717) is 15.4 Å².